The van der Waals surface area contributed by atoms with E-state index in [0.717, 1.165) is 0 Å². The molecule has 0 aromatic heterocycles. The van der Waals surface area contributed by atoms with Crippen LogP contribution in [0.15, 0.2) is 36.4 Å². The van der Waals surface area contributed by atoms with Crippen molar-refractivity contribution in [1.29, 1.82) is 0 Å². The van der Waals surface area contributed by atoms with Crippen LogP contribution in [0.2, 0.25) is 0 Å². The second-order valence-electron chi connectivity index (χ2n) is 7.80. The number of ether oxygens (including phenoxy) is 1. The number of carbonyl (C=O) groups is 3. The van der Waals surface area contributed by atoms with E-state index in [1.807, 2.05) is 18.7 Å². The summed E-state index contributed by atoms with van der Waals surface area (Å²) in [6.45, 7) is 5.28. The summed E-state index contributed by atoms with van der Waals surface area (Å²) < 4.78 is 20.4. The molecule has 2 aromatic carbocycles. The van der Waals surface area contributed by atoms with Crippen LogP contribution in [0.1, 0.15) is 40.1 Å². The highest BCUT2D eigenvalue weighted by atomic mass is 19.1. The van der Waals surface area contributed by atoms with Crippen molar-refractivity contribution in [2.75, 3.05) is 23.3 Å². The molecule has 2 aromatic rings. The summed E-state index contributed by atoms with van der Waals surface area (Å²) in [5, 5.41) is 7.46. The highest BCUT2D eigenvalue weighted by molar-refractivity contribution is 6.22. The molecule has 162 valence electrons. The van der Waals surface area contributed by atoms with Crippen molar-refractivity contribution in [3.63, 3.8) is 0 Å². The molecule has 2 heterocycles. The first-order chi connectivity index (χ1) is 14.8. The van der Waals surface area contributed by atoms with Gasteiger partial charge in [0.1, 0.15) is 5.82 Å². The molecule has 2 aliphatic heterocycles. The van der Waals surface area contributed by atoms with Crippen LogP contribution >= 0.6 is 0 Å². The molecular weight excluding hydrogens is 403 g/mol. The van der Waals surface area contributed by atoms with E-state index < -0.39 is 17.8 Å². The minimum atomic E-state index is -0.509. The maximum atomic E-state index is 14.7. The van der Waals surface area contributed by atoms with Crippen LogP contribution in [0, 0.1) is 5.82 Å². The fourth-order valence-electron chi connectivity index (χ4n) is 3.89. The first-order valence-electron chi connectivity index (χ1n) is 10.0. The van der Waals surface area contributed by atoms with Gasteiger partial charge in [0.05, 0.1) is 29.0 Å². The first kappa shape index (κ1) is 20.8. The van der Waals surface area contributed by atoms with E-state index >= 15 is 0 Å². The molecule has 2 atom stereocenters. The Hall–Kier alpha value is -3.46. The van der Waals surface area contributed by atoms with Crippen molar-refractivity contribution in [1.82, 2.24) is 10.6 Å². The summed E-state index contributed by atoms with van der Waals surface area (Å²) in [5.41, 5.74) is 1.99. The van der Waals surface area contributed by atoms with Crippen LogP contribution in [-0.2, 0) is 11.3 Å². The third-order valence-electron chi connectivity index (χ3n) is 5.22. The predicted octanol–water partition coefficient (Wildman–Crippen LogP) is 2.64. The zero-order valence-corrected chi connectivity index (χ0v) is 17.2. The van der Waals surface area contributed by atoms with Gasteiger partial charge in [0.15, 0.2) is 0 Å². The lowest BCUT2D eigenvalue weighted by Gasteiger charge is -2.37. The molecule has 0 radical (unpaired) electrons. The summed E-state index contributed by atoms with van der Waals surface area (Å²) in [4.78, 5) is 37.5. The van der Waals surface area contributed by atoms with Gasteiger partial charge in [-0.1, -0.05) is 6.07 Å². The van der Waals surface area contributed by atoms with Crippen molar-refractivity contribution in [2.24, 2.45) is 0 Å². The largest absolute Gasteiger partial charge is 0.372 e. The number of anilines is 2. The van der Waals surface area contributed by atoms with E-state index in [-0.39, 0.29) is 35.7 Å². The maximum Gasteiger partial charge on any atom is 0.319 e. The molecule has 3 N–H and O–H groups in total. The Morgan fingerprint density at radius 1 is 1.10 bits per heavy atom. The Kier molecular flexibility index (Phi) is 5.60. The van der Waals surface area contributed by atoms with E-state index in [1.54, 1.807) is 12.1 Å². The van der Waals surface area contributed by atoms with E-state index in [2.05, 4.69) is 16.0 Å². The van der Waals surface area contributed by atoms with E-state index in [4.69, 9.17) is 4.74 Å². The number of halogens is 1. The number of carbonyl (C=O) groups excluding carboxylic acids is 3. The molecule has 1 saturated heterocycles. The van der Waals surface area contributed by atoms with Crippen molar-refractivity contribution >= 4 is 29.2 Å². The second-order valence-corrected chi connectivity index (χ2v) is 7.80. The highest BCUT2D eigenvalue weighted by Gasteiger charge is 2.27. The number of fused-ring (bicyclic) bond motifs is 1. The van der Waals surface area contributed by atoms with Gasteiger partial charge in [0.25, 0.3) is 11.8 Å². The summed E-state index contributed by atoms with van der Waals surface area (Å²) >= 11 is 0. The normalized spacial score (nSPS) is 20.3. The molecule has 0 saturated carbocycles. The number of rotatable bonds is 4. The third kappa shape index (κ3) is 4.51. The Balaban J connectivity index is 1.36. The monoisotopic (exact) mass is 426 g/mol. The first-order valence-corrected chi connectivity index (χ1v) is 10.0. The summed E-state index contributed by atoms with van der Waals surface area (Å²) in [5.74, 6) is -1.30. The molecule has 1 fully saturated rings. The molecule has 4 amide bonds. The van der Waals surface area contributed by atoms with E-state index in [0.29, 0.717) is 30.0 Å². The van der Waals surface area contributed by atoms with Gasteiger partial charge in [-0.15, -0.1) is 0 Å². The number of nitrogens with one attached hydrogen (secondary N) is 3. The Morgan fingerprint density at radius 2 is 1.81 bits per heavy atom. The Morgan fingerprint density at radius 3 is 2.52 bits per heavy atom. The van der Waals surface area contributed by atoms with Crippen molar-refractivity contribution in [3.8, 4) is 0 Å². The van der Waals surface area contributed by atoms with Gasteiger partial charge in [-0.25, -0.2) is 9.18 Å². The standard InChI is InChI=1S/C22H23FN4O4/c1-12-10-27(11-13(2)31-12)19-6-3-14(7-18(19)23)9-24-22(30)25-15-4-5-16-17(8-15)21(29)26-20(16)28/h3-8,12-13H,9-11H2,1-2H3,(H2,24,25,30)(H,26,28,29). The van der Waals surface area contributed by atoms with Crippen LogP contribution in [-0.4, -0.2) is 43.1 Å². The third-order valence-corrected chi connectivity index (χ3v) is 5.22. The number of morpholine rings is 1. The van der Waals surface area contributed by atoms with Gasteiger partial charge < -0.3 is 20.3 Å². The fourth-order valence-corrected chi connectivity index (χ4v) is 3.89. The van der Waals surface area contributed by atoms with Gasteiger partial charge in [0, 0.05) is 25.3 Å². The van der Waals surface area contributed by atoms with E-state index in [9.17, 15) is 18.8 Å². The molecule has 2 aliphatic rings. The minimum Gasteiger partial charge on any atom is -0.372 e. The number of nitrogens with zero attached hydrogens (tertiary/aromatic N) is 1. The van der Waals surface area contributed by atoms with Gasteiger partial charge in [-0.2, -0.15) is 0 Å². The van der Waals surface area contributed by atoms with Gasteiger partial charge >= 0.3 is 6.03 Å². The molecular formula is C22H23FN4O4. The zero-order chi connectivity index (χ0) is 22.1. The molecule has 0 aliphatic carbocycles. The SMILES string of the molecule is CC1CN(c2ccc(CNC(=O)Nc3ccc4c(c3)C(=O)NC4=O)cc2F)CC(C)O1. The molecule has 31 heavy (non-hydrogen) atoms. The minimum absolute atomic E-state index is 0.0246. The molecule has 2 unspecified atom stereocenters. The molecule has 9 heteroatoms. The van der Waals surface area contributed by atoms with Gasteiger partial charge in [-0.3, -0.25) is 14.9 Å². The number of hydrogen-bond donors (Lipinski definition) is 3. The number of amides is 4. The number of hydrogen-bond acceptors (Lipinski definition) is 5. The van der Waals surface area contributed by atoms with Crippen LogP contribution < -0.4 is 20.9 Å². The van der Waals surface area contributed by atoms with Crippen molar-refractivity contribution in [2.45, 2.75) is 32.6 Å². The molecule has 0 spiro atoms. The van der Waals surface area contributed by atoms with Crippen LogP contribution in [0.3, 0.4) is 0 Å². The second kappa shape index (κ2) is 8.35. The summed E-state index contributed by atoms with van der Waals surface area (Å²) in [7, 11) is 0. The zero-order valence-electron chi connectivity index (χ0n) is 17.2. The average Bonchev–Trinajstić information content (AvgIpc) is 2.99. The quantitative estimate of drug-likeness (QED) is 0.653. The van der Waals surface area contributed by atoms with Gasteiger partial charge in [-0.05, 0) is 49.7 Å². The van der Waals surface area contributed by atoms with Crippen molar-refractivity contribution < 1.29 is 23.5 Å². The maximum absolute atomic E-state index is 14.7. The predicted molar refractivity (Wildman–Crippen MR) is 113 cm³/mol. The summed E-state index contributed by atoms with van der Waals surface area (Å²) in [6, 6.07) is 8.84. The fraction of sp³-hybridized carbons (Fsp3) is 0.318. The topological polar surface area (TPSA) is 99.8 Å². The van der Waals surface area contributed by atoms with Crippen LogP contribution in [0.4, 0.5) is 20.6 Å². The number of imide groups is 1. The molecule has 4 rings (SSSR count). The smallest absolute Gasteiger partial charge is 0.319 e. The Bertz CT molecular complexity index is 1050. The molecule has 8 nitrogen and oxygen atoms in total. The van der Waals surface area contributed by atoms with E-state index in [1.165, 1.54) is 24.3 Å². The Labute approximate surface area is 178 Å². The average molecular weight is 426 g/mol. The number of urea groups is 1. The lowest BCUT2D eigenvalue weighted by molar-refractivity contribution is -0.00539. The summed E-state index contributed by atoms with van der Waals surface area (Å²) in [6.07, 6.45) is 0.0493. The van der Waals surface area contributed by atoms with Crippen LogP contribution in [0.5, 0.6) is 0 Å². The van der Waals surface area contributed by atoms with Crippen LogP contribution in [0.25, 0.3) is 0 Å². The lowest BCUT2D eigenvalue weighted by Crippen LogP contribution is -2.45. The highest BCUT2D eigenvalue weighted by Crippen LogP contribution is 2.25. The lowest BCUT2D eigenvalue weighted by atomic mass is 10.1. The van der Waals surface area contributed by atoms with Crippen molar-refractivity contribution in [3.05, 3.63) is 58.9 Å². The number of benzene rings is 2. The molecule has 0 bridgehead atoms. The van der Waals surface area contributed by atoms with Gasteiger partial charge in [0.2, 0.25) is 0 Å².